The van der Waals surface area contributed by atoms with Gasteiger partial charge in [-0.15, -0.1) is 0 Å². The molecule has 0 aliphatic rings. The minimum Gasteiger partial charge on any atom is -0.337 e. The highest BCUT2D eigenvalue weighted by atomic mass is 16.1. The van der Waals surface area contributed by atoms with Crippen LogP contribution in [-0.4, -0.2) is 5.91 Å². The Labute approximate surface area is 102 Å². The fraction of sp³-hybridized carbons (Fsp3) is 0.429. The van der Waals surface area contributed by atoms with Crippen molar-refractivity contribution in [2.45, 2.75) is 33.2 Å². The summed E-state index contributed by atoms with van der Waals surface area (Å²) in [5.74, 6) is -0.0899. The van der Waals surface area contributed by atoms with Gasteiger partial charge >= 0.3 is 0 Å². The Kier molecular flexibility index (Phi) is 4.28. The number of rotatable bonds is 3. The molecule has 0 aliphatic heterocycles. The molecule has 3 heteroatoms. The molecule has 17 heavy (non-hydrogen) atoms. The Hall–Kier alpha value is -1.82. The SMILES string of the molecule is CC(C)(C)CC(=O)NC(C#N)c1ccccc1. The van der Waals surface area contributed by atoms with Gasteiger partial charge in [-0.3, -0.25) is 4.79 Å². The van der Waals surface area contributed by atoms with Gasteiger partial charge in [-0.2, -0.15) is 5.26 Å². The van der Waals surface area contributed by atoms with E-state index in [4.69, 9.17) is 5.26 Å². The first kappa shape index (κ1) is 13.2. The molecular weight excluding hydrogens is 212 g/mol. The molecule has 0 aliphatic carbocycles. The molecule has 3 nitrogen and oxygen atoms in total. The van der Waals surface area contributed by atoms with E-state index in [9.17, 15) is 4.79 Å². The number of nitrogens with one attached hydrogen (secondary N) is 1. The Bertz CT molecular complexity index is 412. The molecule has 0 saturated heterocycles. The predicted octanol–water partition coefficient (Wildman–Crippen LogP) is 2.80. The molecule has 0 fully saturated rings. The summed E-state index contributed by atoms with van der Waals surface area (Å²) >= 11 is 0. The Morgan fingerprint density at radius 2 is 1.94 bits per heavy atom. The monoisotopic (exact) mass is 230 g/mol. The molecule has 90 valence electrons. The minimum absolute atomic E-state index is 0.0687. The van der Waals surface area contributed by atoms with Crippen LogP contribution in [0.25, 0.3) is 0 Å². The molecule has 0 saturated carbocycles. The lowest BCUT2D eigenvalue weighted by atomic mass is 9.91. The third-order valence-electron chi connectivity index (χ3n) is 2.26. The molecule has 0 spiro atoms. The lowest BCUT2D eigenvalue weighted by Gasteiger charge is -2.19. The summed E-state index contributed by atoms with van der Waals surface area (Å²) in [6, 6.07) is 10.8. The van der Waals surface area contributed by atoms with Crippen LogP contribution in [0.4, 0.5) is 0 Å². The summed E-state index contributed by atoms with van der Waals surface area (Å²) < 4.78 is 0. The minimum atomic E-state index is -0.564. The number of carbonyl (C=O) groups excluding carboxylic acids is 1. The lowest BCUT2D eigenvalue weighted by molar-refractivity contribution is -0.123. The number of nitriles is 1. The van der Waals surface area contributed by atoms with Gasteiger partial charge in [0.05, 0.1) is 6.07 Å². The molecule has 0 radical (unpaired) electrons. The van der Waals surface area contributed by atoms with Crippen LogP contribution in [0.15, 0.2) is 30.3 Å². The van der Waals surface area contributed by atoms with Gasteiger partial charge in [0.1, 0.15) is 6.04 Å². The first-order valence-corrected chi connectivity index (χ1v) is 5.66. The van der Waals surface area contributed by atoms with Crippen LogP contribution in [0, 0.1) is 16.7 Å². The van der Waals surface area contributed by atoms with Gasteiger partial charge in [0.2, 0.25) is 5.91 Å². The normalized spacial score (nSPS) is 12.6. The summed E-state index contributed by atoms with van der Waals surface area (Å²) in [5, 5.41) is 11.8. The van der Waals surface area contributed by atoms with E-state index in [2.05, 4.69) is 11.4 Å². The largest absolute Gasteiger partial charge is 0.337 e. The number of amides is 1. The van der Waals surface area contributed by atoms with Gasteiger partial charge in [-0.05, 0) is 11.0 Å². The van der Waals surface area contributed by atoms with Crippen molar-refractivity contribution < 1.29 is 4.79 Å². The number of hydrogen-bond donors (Lipinski definition) is 1. The number of nitrogens with zero attached hydrogens (tertiary/aromatic N) is 1. The van der Waals surface area contributed by atoms with Gasteiger partial charge in [-0.25, -0.2) is 0 Å². The standard InChI is InChI=1S/C14H18N2O/c1-14(2,3)9-13(17)16-12(10-15)11-7-5-4-6-8-11/h4-8,12H,9H2,1-3H3,(H,16,17). The van der Waals surface area contributed by atoms with Gasteiger partial charge in [-0.1, -0.05) is 51.1 Å². The summed E-state index contributed by atoms with van der Waals surface area (Å²) in [4.78, 5) is 11.7. The van der Waals surface area contributed by atoms with E-state index in [1.165, 1.54) is 0 Å². The second-order valence-corrected chi connectivity index (χ2v) is 5.28. The lowest BCUT2D eigenvalue weighted by Crippen LogP contribution is -2.30. The van der Waals surface area contributed by atoms with Crippen molar-refractivity contribution in [2.24, 2.45) is 5.41 Å². The highest BCUT2D eigenvalue weighted by Crippen LogP contribution is 2.19. The third-order valence-corrected chi connectivity index (χ3v) is 2.26. The van der Waals surface area contributed by atoms with Crippen LogP contribution in [0.5, 0.6) is 0 Å². The second-order valence-electron chi connectivity index (χ2n) is 5.28. The molecule has 1 N–H and O–H groups in total. The zero-order valence-corrected chi connectivity index (χ0v) is 10.5. The Morgan fingerprint density at radius 1 is 1.35 bits per heavy atom. The topological polar surface area (TPSA) is 52.9 Å². The van der Waals surface area contributed by atoms with E-state index in [1.807, 2.05) is 51.1 Å². The van der Waals surface area contributed by atoms with Gasteiger partial charge in [0, 0.05) is 6.42 Å². The van der Waals surface area contributed by atoms with E-state index < -0.39 is 6.04 Å². The van der Waals surface area contributed by atoms with Crippen molar-refractivity contribution in [2.75, 3.05) is 0 Å². The van der Waals surface area contributed by atoms with Gasteiger partial charge in [0.25, 0.3) is 0 Å². The van der Waals surface area contributed by atoms with E-state index in [-0.39, 0.29) is 11.3 Å². The van der Waals surface area contributed by atoms with Crippen LogP contribution < -0.4 is 5.32 Å². The van der Waals surface area contributed by atoms with Gasteiger partial charge < -0.3 is 5.32 Å². The number of benzene rings is 1. The van der Waals surface area contributed by atoms with Crippen LogP contribution >= 0.6 is 0 Å². The fourth-order valence-electron chi connectivity index (χ4n) is 1.53. The van der Waals surface area contributed by atoms with E-state index in [0.29, 0.717) is 6.42 Å². The first-order chi connectivity index (χ1) is 7.92. The highest BCUT2D eigenvalue weighted by Gasteiger charge is 2.19. The zero-order chi connectivity index (χ0) is 12.9. The van der Waals surface area contributed by atoms with Crippen molar-refractivity contribution in [3.63, 3.8) is 0 Å². The quantitative estimate of drug-likeness (QED) is 0.868. The highest BCUT2D eigenvalue weighted by molar-refractivity contribution is 5.77. The molecular formula is C14H18N2O. The van der Waals surface area contributed by atoms with Crippen LogP contribution in [0.3, 0.4) is 0 Å². The maximum absolute atomic E-state index is 11.7. The molecule has 0 bridgehead atoms. The van der Waals surface area contributed by atoms with E-state index in [1.54, 1.807) is 0 Å². The summed E-state index contributed by atoms with van der Waals surface area (Å²) in [5.41, 5.74) is 0.748. The summed E-state index contributed by atoms with van der Waals surface area (Å²) in [6.45, 7) is 5.99. The average molecular weight is 230 g/mol. The third kappa shape index (κ3) is 4.69. The average Bonchev–Trinajstić information content (AvgIpc) is 2.24. The first-order valence-electron chi connectivity index (χ1n) is 5.66. The molecule has 0 heterocycles. The second kappa shape index (κ2) is 5.49. The Morgan fingerprint density at radius 3 is 2.41 bits per heavy atom. The molecule has 1 aromatic carbocycles. The van der Waals surface area contributed by atoms with Gasteiger partial charge in [0.15, 0.2) is 0 Å². The smallest absolute Gasteiger partial charge is 0.221 e. The van der Waals surface area contributed by atoms with Crippen LogP contribution in [0.2, 0.25) is 0 Å². The zero-order valence-electron chi connectivity index (χ0n) is 10.5. The van der Waals surface area contributed by atoms with Crippen LogP contribution in [-0.2, 0) is 4.79 Å². The molecule has 1 atom stereocenters. The number of hydrogen-bond acceptors (Lipinski definition) is 2. The molecule has 1 rings (SSSR count). The summed E-state index contributed by atoms with van der Waals surface area (Å²) in [6.07, 6.45) is 0.415. The maximum atomic E-state index is 11.7. The molecule has 1 unspecified atom stereocenters. The molecule has 1 aromatic rings. The van der Waals surface area contributed by atoms with E-state index in [0.717, 1.165) is 5.56 Å². The van der Waals surface area contributed by atoms with E-state index >= 15 is 0 Å². The maximum Gasteiger partial charge on any atom is 0.221 e. The fourth-order valence-corrected chi connectivity index (χ4v) is 1.53. The van der Waals surface area contributed by atoms with Crippen molar-refractivity contribution >= 4 is 5.91 Å². The van der Waals surface area contributed by atoms with Crippen molar-refractivity contribution in [1.82, 2.24) is 5.32 Å². The summed E-state index contributed by atoms with van der Waals surface area (Å²) in [7, 11) is 0. The molecule has 0 aromatic heterocycles. The van der Waals surface area contributed by atoms with Crippen molar-refractivity contribution in [3.8, 4) is 6.07 Å². The van der Waals surface area contributed by atoms with Crippen LogP contribution in [0.1, 0.15) is 38.8 Å². The number of carbonyl (C=O) groups is 1. The van der Waals surface area contributed by atoms with Crippen molar-refractivity contribution in [3.05, 3.63) is 35.9 Å². The Balaban J connectivity index is 2.67. The van der Waals surface area contributed by atoms with Crippen molar-refractivity contribution in [1.29, 1.82) is 5.26 Å². The predicted molar refractivity (Wildman–Crippen MR) is 67.0 cm³/mol. The molecule has 1 amide bonds.